The Labute approximate surface area is 118 Å². The van der Waals surface area contributed by atoms with Gasteiger partial charge < -0.3 is 10.1 Å². The van der Waals surface area contributed by atoms with Crippen LogP contribution in [0.5, 0.6) is 0 Å². The van der Waals surface area contributed by atoms with Crippen LogP contribution in [0.2, 0.25) is 5.02 Å². The molecule has 104 valence electrons. The molecule has 0 aliphatic carbocycles. The van der Waals surface area contributed by atoms with Crippen molar-refractivity contribution < 1.29 is 9.53 Å². The summed E-state index contributed by atoms with van der Waals surface area (Å²) >= 11 is 5.99. The topological polar surface area (TPSA) is 41.6 Å². The molecular formula is C14H19ClN2O2. The zero-order chi connectivity index (χ0) is 13.7. The van der Waals surface area contributed by atoms with Crippen molar-refractivity contribution in [2.75, 3.05) is 20.2 Å². The van der Waals surface area contributed by atoms with Gasteiger partial charge in [0, 0.05) is 24.2 Å². The summed E-state index contributed by atoms with van der Waals surface area (Å²) in [6.07, 6.45) is 1.73. The van der Waals surface area contributed by atoms with Gasteiger partial charge in [-0.15, -0.1) is 0 Å². The van der Waals surface area contributed by atoms with Crippen molar-refractivity contribution in [3.05, 3.63) is 34.9 Å². The zero-order valence-electron chi connectivity index (χ0n) is 11.1. The van der Waals surface area contributed by atoms with Crippen LogP contribution in [0.4, 0.5) is 4.79 Å². The number of ether oxygens (including phenoxy) is 1. The van der Waals surface area contributed by atoms with Crippen LogP contribution in [0, 0.1) is 0 Å². The van der Waals surface area contributed by atoms with Crippen LogP contribution in [-0.2, 0) is 11.3 Å². The van der Waals surface area contributed by atoms with Gasteiger partial charge in [0.15, 0.2) is 0 Å². The van der Waals surface area contributed by atoms with Gasteiger partial charge >= 0.3 is 6.09 Å². The second-order valence-electron chi connectivity index (χ2n) is 4.84. The van der Waals surface area contributed by atoms with E-state index in [2.05, 4.69) is 21.0 Å². The molecule has 1 saturated heterocycles. The highest BCUT2D eigenvalue weighted by atomic mass is 35.5. The molecule has 1 aromatic carbocycles. The second-order valence-corrected chi connectivity index (χ2v) is 5.28. The summed E-state index contributed by atoms with van der Waals surface area (Å²) in [5.41, 5.74) is 1.20. The fourth-order valence-corrected chi connectivity index (χ4v) is 2.65. The van der Waals surface area contributed by atoms with E-state index >= 15 is 0 Å². The number of benzene rings is 1. The first-order valence-corrected chi connectivity index (χ1v) is 6.86. The number of hydrogen-bond donors (Lipinski definition) is 1. The fourth-order valence-electron chi connectivity index (χ4n) is 2.44. The van der Waals surface area contributed by atoms with Crippen LogP contribution >= 0.6 is 11.6 Å². The summed E-state index contributed by atoms with van der Waals surface area (Å²) in [5.74, 6) is 0. The third-order valence-electron chi connectivity index (χ3n) is 3.31. The largest absolute Gasteiger partial charge is 0.453 e. The lowest BCUT2D eigenvalue weighted by Gasteiger charge is -2.32. The highest BCUT2D eigenvalue weighted by Crippen LogP contribution is 2.16. The number of nitrogens with zero attached hydrogens (tertiary/aromatic N) is 1. The van der Waals surface area contributed by atoms with Gasteiger partial charge in [-0.25, -0.2) is 4.79 Å². The molecule has 1 N–H and O–H groups in total. The third kappa shape index (κ3) is 4.40. The third-order valence-corrected chi connectivity index (χ3v) is 3.54. The summed E-state index contributed by atoms with van der Waals surface area (Å²) in [4.78, 5) is 13.5. The highest BCUT2D eigenvalue weighted by molar-refractivity contribution is 6.30. The Kier molecular flexibility index (Phi) is 5.05. The number of methoxy groups -OCH3 is 1. The van der Waals surface area contributed by atoms with Gasteiger partial charge in [0.2, 0.25) is 0 Å². The van der Waals surface area contributed by atoms with Gasteiger partial charge in [0.1, 0.15) is 0 Å². The minimum atomic E-state index is -0.352. The Hall–Kier alpha value is -1.26. The Bertz CT molecular complexity index is 439. The summed E-state index contributed by atoms with van der Waals surface area (Å²) < 4.78 is 4.64. The molecule has 1 aliphatic rings. The molecule has 1 amide bonds. The maximum Gasteiger partial charge on any atom is 0.407 e. The van der Waals surface area contributed by atoms with E-state index in [4.69, 9.17) is 11.6 Å². The molecule has 0 aromatic heterocycles. The van der Waals surface area contributed by atoms with Crippen LogP contribution in [0.3, 0.4) is 0 Å². The molecule has 1 aliphatic heterocycles. The standard InChI is InChI=1S/C14H19ClN2O2/c1-19-14(18)16-13-6-3-7-17(10-13)9-11-4-2-5-12(15)8-11/h2,4-5,8,13H,3,6-7,9-10H2,1H3,(H,16,18). The molecule has 1 unspecified atom stereocenters. The van der Waals surface area contributed by atoms with Gasteiger partial charge in [-0.05, 0) is 37.1 Å². The number of hydrogen-bond acceptors (Lipinski definition) is 3. The first-order chi connectivity index (χ1) is 9.17. The van der Waals surface area contributed by atoms with Gasteiger partial charge in [-0.2, -0.15) is 0 Å². The number of piperidine rings is 1. The van der Waals surface area contributed by atoms with E-state index in [1.807, 2.05) is 18.2 Å². The van der Waals surface area contributed by atoms with Crippen molar-refractivity contribution in [2.24, 2.45) is 0 Å². The SMILES string of the molecule is COC(=O)NC1CCCN(Cc2cccc(Cl)c2)C1. The fraction of sp³-hybridized carbons (Fsp3) is 0.500. The molecule has 0 saturated carbocycles. The summed E-state index contributed by atoms with van der Waals surface area (Å²) in [6.45, 7) is 2.76. The zero-order valence-corrected chi connectivity index (χ0v) is 11.8. The summed E-state index contributed by atoms with van der Waals surface area (Å²) in [6, 6.07) is 8.07. The van der Waals surface area contributed by atoms with Crippen molar-refractivity contribution in [3.8, 4) is 0 Å². The van der Waals surface area contributed by atoms with Crippen LogP contribution in [-0.4, -0.2) is 37.2 Å². The summed E-state index contributed by atoms with van der Waals surface area (Å²) in [7, 11) is 1.39. The van der Waals surface area contributed by atoms with Crippen molar-refractivity contribution in [2.45, 2.75) is 25.4 Å². The van der Waals surface area contributed by atoms with E-state index in [0.29, 0.717) is 0 Å². The molecule has 0 bridgehead atoms. The van der Waals surface area contributed by atoms with Crippen molar-refractivity contribution in [1.82, 2.24) is 10.2 Å². The lowest BCUT2D eigenvalue weighted by Crippen LogP contribution is -2.47. The molecule has 5 heteroatoms. The van der Waals surface area contributed by atoms with E-state index in [1.54, 1.807) is 0 Å². The van der Waals surface area contributed by atoms with Gasteiger partial charge in [-0.1, -0.05) is 23.7 Å². The van der Waals surface area contributed by atoms with Gasteiger partial charge in [0.25, 0.3) is 0 Å². The Balaban J connectivity index is 1.89. The van der Waals surface area contributed by atoms with Crippen molar-refractivity contribution >= 4 is 17.7 Å². The van der Waals surface area contributed by atoms with Crippen molar-refractivity contribution in [1.29, 1.82) is 0 Å². The van der Waals surface area contributed by atoms with E-state index in [1.165, 1.54) is 12.7 Å². The monoisotopic (exact) mass is 282 g/mol. The molecule has 0 spiro atoms. The molecule has 1 atom stereocenters. The predicted octanol–water partition coefficient (Wildman–Crippen LogP) is 2.66. The van der Waals surface area contributed by atoms with E-state index in [0.717, 1.165) is 37.5 Å². The molecular weight excluding hydrogens is 264 g/mol. The minimum absolute atomic E-state index is 0.167. The molecule has 19 heavy (non-hydrogen) atoms. The Morgan fingerprint density at radius 3 is 3.16 bits per heavy atom. The quantitative estimate of drug-likeness (QED) is 0.927. The van der Waals surface area contributed by atoms with Gasteiger partial charge in [-0.3, -0.25) is 4.90 Å². The van der Waals surface area contributed by atoms with Crippen LogP contribution in [0.15, 0.2) is 24.3 Å². The molecule has 1 fully saturated rings. The van der Waals surface area contributed by atoms with E-state index in [-0.39, 0.29) is 12.1 Å². The normalized spacial score (nSPS) is 20.0. The molecule has 4 nitrogen and oxygen atoms in total. The number of alkyl carbamates (subject to hydrolysis) is 1. The number of carbonyl (C=O) groups excluding carboxylic acids is 1. The number of amides is 1. The molecule has 1 heterocycles. The molecule has 0 radical (unpaired) electrons. The summed E-state index contributed by atoms with van der Waals surface area (Å²) in [5, 5.41) is 3.63. The Morgan fingerprint density at radius 1 is 1.58 bits per heavy atom. The lowest BCUT2D eigenvalue weighted by atomic mass is 10.0. The average Bonchev–Trinajstić information content (AvgIpc) is 2.39. The first kappa shape index (κ1) is 14.2. The first-order valence-electron chi connectivity index (χ1n) is 6.48. The highest BCUT2D eigenvalue weighted by Gasteiger charge is 2.21. The second kappa shape index (κ2) is 6.78. The van der Waals surface area contributed by atoms with Crippen LogP contribution < -0.4 is 5.32 Å². The number of nitrogens with one attached hydrogen (secondary N) is 1. The maximum absolute atomic E-state index is 11.2. The molecule has 2 rings (SSSR count). The number of halogens is 1. The number of carbonyl (C=O) groups is 1. The van der Waals surface area contributed by atoms with Crippen LogP contribution in [0.25, 0.3) is 0 Å². The Morgan fingerprint density at radius 2 is 2.42 bits per heavy atom. The molecule has 1 aromatic rings. The predicted molar refractivity (Wildman–Crippen MR) is 75.3 cm³/mol. The minimum Gasteiger partial charge on any atom is -0.453 e. The van der Waals surface area contributed by atoms with E-state index < -0.39 is 0 Å². The maximum atomic E-state index is 11.2. The van der Waals surface area contributed by atoms with Crippen molar-refractivity contribution in [3.63, 3.8) is 0 Å². The number of likely N-dealkylation sites (tertiary alicyclic amines) is 1. The van der Waals surface area contributed by atoms with Gasteiger partial charge in [0.05, 0.1) is 7.11 Å². The van der Waals surface area contributed by atoms with E-state index in [9.17, 15) is 4.79 Å². The average molecular weight is 283 g/mol. The smallest absolute Gasteiger partial charge is 0.407 e. The van der Waals surface area contributed by atoms with Crippen LogP contribution in [0.1, 0.15) is 18.4 Å². The number of rotatable bonds is 3. The lowest BCUT2D eigenvalue weighted by molar-refractivity contribution is 0.145.